The van der Waals surface area contributed by atoms with Gasteiger partial charge in [0.05, 0.1) is 23.3 Å². The van der Waals surface area contributed by atoms with Crippen molar-refractivity contribution in [2.24, 2.45) is 0 Å². The molecule has 0 spiro atoms. The molecule has 0 fully saturated rings. The highest BCUT2D eigenvalue weighted by Gasteiger charge is 2.23. The maximum Gasteiger partial charge on any atom is 0.336 e. The van der Waals surface area contributed by atoms with Crippen LogP contribution >= 0.6 is 0 Å². The predicted octanol–water partition coefficient (Wildman–Crippen LogP) is 1.44. The molecular weight excluding hydrogens is 308 g/mol. The van der Waals surface area contributed by atoms with Crippen molar-refractivity contribution in [2.75, 3.05) is 6.61 Å². The van der Waals surface area contributed by atoms with Gasteiger partial charge >= 0.3 is 23.9 Å². The van der Waals surface area contributed by atoms with Gasteiger partial charge in [0.15, 0.2) is 0 Å². The van der Waals surface area contributed by atoms with E-state index in [1.807, 2.05) is 0 Å². The standard InChI is InChI=1S/C15H14O8/c1-7(2)15(22)23-4-3-8-5-9(12(16)17)6-10(13(18)19)11(8)14(20)21/h5-6H,1,3-4H2,2H3,(H,16,17)(H,18,19)(H,20,21). The van der Waals surface area contributed by atoms with Gasteiger partial charge in [0.1, 0.15) is 0 Å². The number of rotatable bonds is 7. The summed E-state index contributed by atoms with van der Waals surface area (Å²) >= 11 is 0. The number of esters is 1. The van der Waals surface area contributed by atoms with E-state index in [1.54, 1.807) is 0 Å². The number of carbonyl (C=O) groups excluding carboxylic acids is 1. The summed E-state index contributed by atoms with van der Waals surface area (Å²) in [5.74, 6) is -5.16. The number of benzene rings is 1. The minimum atomic E-state index is -1.56. The Morgan fingerprint density at radius 1 is 1.04 bits per heavy atom. The number of carboxylic acid groups (broad SMARTS) is 3. The van der Waals surface area contributed by atoms with Crippen LogP contribution in [-0.4, -0.2) is 45.8 Å². The minimum Gasteiger partial charge on any atom is -0.478 e. The fraction of sp³-hybridized carbons (Fsp3) is 0.200. The molecule has 0 saturated heterocycles. The Morgan fingerprint density at radius 3 is 2.09 bits per heavy atom. The second-order valence-electron chi connectivity index (χ2n) is 4.64. The predicted molar refractivity (Wildman–Crippen MR) is 76.8 cm³/mol. The zero-order valence-electron chi connectivity index (χ0n) is 12.2. The molecule has 0 aliphatic carbocycles. The van der Waals surface area contributed by atoms with Crippen LogP contribution < -0.4 is 0 Å². The zero-order chi connectivity index (χ0) is 17.7. The highest BCUT2D eigenvalue weighted by atomic mass is 16.5. The molecular formula is C15H14O8. The van der Waals surface area contributed by atoms with Crippen LogP contribution in [0.25, 0.3) is 0 Å². The van der Waals surface area contributed by atoms with E-state index in [2.05, 4.69) is 6.58 Å². The summed E-state index contributed by atoms with van der Waals surface area (Å²) in [4.78, 5) is 44.8. The van der Waals surface area contributed by atoms with Crippen LogP contribution in [0.1, 0.15) is 43.6 Å². The monoisotopic (exact) mass is 322 g/mol. The average molecular weight is 322 g/mol. The fourth-order valence-electron chi connectivity index (χ4n) is 1.82. The van der Waals surface area contributed by atoms with Crippen molar-refractivity contribution >= 4 is 23.9 Å². The zero-order valence-corrected chi connectivity index (χ0v) is 12.2. The third-order valence-electron chi connectivity index (χ3n) is 2.86. The number of ether oxygens (including phenoxy) is 1. The van der Waals surface area contributed by atoms with Crippen molar-refractivity contribution in [1.82, 2.24) is 0 Å². The first-order valence-electron chi connectivity index (χ1n) is 6.34. The van der Waals surface area contributed by atoms with E-state index in [9.17, 15) is 24.3 Å². The smallest absolute Gasteiger partial charge is 0.336 e. The lowest BCUT2D eigenvalue weighted by molar-refractivity contribution is -0.138. The molecule has 8 nitrogen and oxygen atoms in total. The quantitative estimate of drug-likeness (QED) is 0.506. The van der Waals surface area contributed by atoms with Gasteiger partial charge < -0.3 is 20.1 Å². The van der Waals surface area contributed by atoms with E-state index < -0.39 is 35.0 Å². The second-order valence-corrected chi connectivity index (χ2v) is 4.64. The largest absolute Gasteiger partial charge is 0.478 e. The Labute approximate surface area is 130 Å². The average Bonchev–Trinajstić information content (AvgIpc) is 2.45. The van der Waals surface area contributed by atoms with E-state index in [0.29, 0.717) is 0 Å². The van der Waals surface area contributed by atoms with Crippen molar-refractivity contribution in [3.63, 3.8) is 0 Å². The SMILES string of the molecule is C=C(C)C(=O)OCCc1cc(C(=O)O)cc(C(=O)O)c1C(=O)O. The highest BCUT2D eigenvalue weighted by Crippen LogP contribution is 2.20. The number of hydrogen-bond acceptors (Lipinski definition) is 5. The Hall–Kier alpha value is -3.16. The number of carbonyl (C=O) groups is 4. The summed E-state index contributed by atoms with van der Waals surface area (Å²) in [6.45, 7) is 4.56. The highest BCUT2D eigenvalue weighted by molar-refractivity contribution is 6.05. The third kappa shape index (κ3) is 4.40. The van der Waals surface area contributed by atoms with Crippen LogP contribution in [0.4, 0.5) is 0 Å². The van der Waals surface area contributed by atoms with Gasteiger partial charge in [-0.1, -0.05) is 6.58 Å². The molecule has 0 aliphatic heterocycles. The molecule has 1 rings (SSSR count). The van der Waals surface area contributed by atoms with Crippen molar-refractivity contribution in [1.29, 1.82) is 0 Å². The Morgan fingerprint density at radius 2 is 1.65 bits per heavy atom. The summed E-state index contributed by atoms with van der Waals surface area (Å²) in [6, 6.07) is 1.82. The van der Waals surface area contributed by atoms with Crippen LogP contribution in [0, 0.1) is 0 Å². The van der Waals surface area contributed by atoms with E-state index in [4.69, 9.17) is 14.9 Å². The number of aromatic carboxylic acids is 3. The fourth-order valence-corrected chi connectivity index (χ4v) is 1.82. The summed E-state index contributed by atoms with van der Waals surface area (Å²) in [6.07, 6.45) is -0.151. The Kier molecular flexibility index (Phi) is 5.61. The minimum absolute atomic E-state index is 0.0516. The van der Waals surface area contributed by atoms with Crippen LogP contribution in [0.2, 0.25) is 0 Å². The molecule has 3 N–H and O–H groups in total. The van der Waals surface area contributed by atoms with Gasteiger partial charge in [0, 0.05) is 12.0 Å². The molecule has 0 bridgehead atoms. The van der Waals surface area contributed by atoms with Crippen molar-refractivity contribution in [3.8, 4) is 0 Å². The first kappa shape index (κ1) is 17.9. The lowest BCUT2D eigenvalue weighted by Gasteiger charge is -2.11. The lowest BCUT2D eigenvalue weighted by atomic mass is 9.95. The van der Waals surface area contributed by atoms with Crippen molar-refractivity contribution in [2.45, 2.75) is 13.3 Å². The normalized spacial score (nSPS) is 9.96. The molecule has 0 amide bonds. The maximum atomic E-state index is 11.3. The molecule has 0 heterocycles. The van der Waals surface area contributed by atoms with Gasteiger partial charge in [0.2, 0.25) is 0 Å². The molecule has 0 aromatic heterocycles. The van der Waals surface area contributed by atoms with Crippen LogP contribution in [0.15, 0.2) is 24.3 Å². The van der Waals surface area contributed by atoms with Gasteiger partial charge in [0.25, 0.3) is 0 Å². The van der Waals surface area contributed by atoms with Crippen LogP contribution in [0.3, 0.4) is 0 Å². The Bertz CT molecular complexity index is 702. The van der Waals surface area contributed by atoms with Gasteiger partial charge in [-0.3, -0.25) is 0 Å². The van der Waals surface area contributed by atoms with Gasteiger partial charge in [-0.25, -0.2) is 19.2 Å². The first-order chi connectivity index (χ1) is 10.6. The summed E-state index contributed by atoms with van der Waals surface area (Å²) in [5.41, 5.74) is -1.44. The number of carboxylic acids is 3. The van der Waals surface area contributed by atoms with Crippen LogP contribution in [0.5, 0.6) is 0 Å². The summed E-state index contributed by atoms with van der Waals surface area (Å²) in [7, 11) is 0. The first-order valence-corrected chi connectivity index (χ1v) is 6.34. The summed E-state index contributed by atoms with van der Waals surface area (Å²) < 4.78 is 4.82. The van der Waals surface area contributed by atoms with Gasteiger partial charge in [-0.05, 0) is 24.6 Å². The molecule has 1 aromatic rings. The van der Waals surface area contributed by atoms with Crippen molar-refractivity contribution < 1.29 is 39.2 Å². The molecule has 122 valence electrons. The van der Waals surface area contributed by atoms with Crippen molar-refractivity contribution in [3.05, 3.63) is 46.5 Å². The van der Waals surface area contributed by atoms with Gasteiger partial charge in [-0.15, -0.1) is 0 Å². The van der Waals surface area contributed by atoms with E-state index in [-0.39, 0.29) is 29.7 Å². The Balaban J connectivity index is 3.24. The number of hydrogen-bond donors (Lipinski definition) is 3. The topological polar surface area (TPSA) is 138 Å². The lowest BCUT2D eigenvalue weighted by Crippen LogP contribution is -2.16. The molecule has 0 saturated carbocycles. The van der Waals surface area contributed by atoms with E-state index in [0.717, 1.165) is 12.1 Å². The van der Waals surface area contributed by atoms with E-state index in [1.165, 1.54) is 6.92 Å². The van der Waals surface area contributed by atoms with Gasteiger partial charge in [-0.2, -0.15) is 0 Å². The van der Waals surface area contributed by atoms with E-state index >= 15 is 0 Å². The second kappa shape index (κ2) is 7.21. The molecule has 23 heavy (non-hydrogen) atoms. The molecule has 0 aliphatic rings. The molecule has 0 unspecified atom stereocenters. The molecule has 8 heteroatoms. The molecule has 0 radical (unpaired) electrons. The third-order valence-corrected chi connectivity index (χ3v) is 2.86. The summed E-state index contributed by atoms with van der Waals surface area (Å²) in [5, 5.41) is 27.3. The maximum absolute atomic E-state index is 11.3. The van der Waals surface area contributed by atoms with Crippen LogP contribution in [-0.2, 0) is 16.0 Å². The molecule has 0 atom stereocenters. The molecule has 1 aromatic carbocycles.